The minimum atomic E-state index is 1.29. The van der Waals surface area contributed by atoms with Gasteiger partial charge in [-0.3, -0.25) is 0 Å². The Kier molecular flexibility index (Phi) is 5.51. The molecule has 0 fully saturated rings. The highest BCUT2D eigenvalue weighted by atomic mass is 127. The van der Waals surface area contributed by atoms with Crippen molar-refractivity contribution in [2.24, 2.45) is 0 Å². The predicted octanol–water partition coefficient (Wildman–Crippen LogP) is 2.11. The van der Waals surface area contributed by atoms with Crippen LogP contribution in [0.25, 0.3) is 0 Å². The Bertz CT molecular complexity index is 150. The Hall–Kier alpha value is -0.380. The van der Waals surface area contributed by atoms with E-state index in [1.807, 2.05) is 25.0 Å². The first-order valence-electron chi connectivity index (χ1n) is 2.39. The first kappa shape index (κ1) is 8.62. The zero-order valence-electron chi connectivity index (χ0n) is 4.88. The van der Waals surface area contributed by atoms with Crippen LogP contribution in [-0.2, 0) is 4.79 Å². The van der Waals surface area contributed by atoms with Crippen LogP contribution in [-0.4, -0.2) is 6.79 Å². The molecule has 0 aliphatic rings. The van der Waals surface area contributed by atoms with Gasteiger partial charge >= 0.3 is 0 Å². The van der Waals surface area contributed by atoms with Crippen molar-refractivity contribution < 1.29 is 4.79 Å². The van der Waals surface area contributed by atoms with E-state index in [4.69, 9.17) is 4.79 Å². The first-order chi connectivity index (χ1) is 4.39. The van der Waals surface area contributed by atoms with E-state index < -0.39 is 0 Å². The highest BCUT2D eigenvalue weighted by Gasteiger charge is 1.74. The molecule has 1 aromatic rings. The van der Waals surface area contributed by atoms with Crippen molar-refractivity contribution in [3.05, 3.63) is 33.9 Å². The Morgan fingerprint density at radius 3 is 1.78 bits per heavy atom. The summed E-state index contributed by atoms with van der Waals surface area (Å²) in [5.41, 5.74) is 0. The average molecular weight is 234 g/mol. The Morgan fingerprint density at radius 1 is 1.11 bits per heavy atom. The highest BCUT2D eigenvalue weighted by molar-refractivity contribution is 14.1. The molecule has 1 rings (SSSR count). The molecular formula is C7H7IO. The van der Waals surface area contributed by atoms with Gasteiger partial charge in [0, 0.05) is 3.57 Å². The summed E-state index contributed by atoms with van der Waals surface area (Å²) < 4.78 is 1.29. The molecule has 0 aromatic heterocycles. The fraction of sp³-hybridized carbons (Fsp3) is 0. The lowest BCUT2D eigenvalue weighted by atomic mass is 10.4. The van der Waals surface area contributed by atoms with Gasteiger partial charge in [0.25, 0.3) is 0 Å². The maximum Gasteiger partial charge on any atom is 0.106 e. The van der Waals surface area contributed by atoms with Crippen LogP contribution in [0, 0.1) is 3.57 Å². The van der Waals surface area contributed by atoms with Crippen LogP contribution >= 0.6 is 22.6 Å². The van der Waals surface area contributed by atoms with E-state index in [-0.39, 0.29) is 0 Å². The molecule has 0 amide bonds. The highest BCUT2D eigenvalue weighted by Crippen LogP contribution is 1.99. The van der Waals surface area contributed by atoms with Gasteiger partial charge in [-0.2, -0.15) is 0 Å². The van der Waals surface area contributed by atoms with Crippen molar-refractivity contribution in [3.8, 4) is 0 Å². The average Bonchev–Trinajstić information content (AvgIpc) is 1.94. The molecular weight excluding hydrogens is 227 g/mol. The first-order valence-corrected chi connectivity index (χ1v) is 3.47. The summed E-state index contributed by atoms with van der Waals surface area (Å²) in [7, 11) is 0. The van der Waals surface area contributed by atoms with Crippen molar-refractivity contribution in [2.45, 2.75) is 0 Å². The summed E-state index contributed by atoms with van der Waals surface area (Å²) in [6.07, 6.45) is 0. The largest absolute Gasteiger partial charge is 0.307 e. The second kappa shape index (κ2) is 5.75. The Labute approximate surface area is 68.2 Å². The van der Waals surface area contributed by atoms with Crippen LogP contribution in [0.2, 0.25) is 0 Å². The molecule has 0 aliphatic heterocycles. The molecule has 0 bridgehead atoms. The number of rotatable bonds is 0. The van der Waals surface area contributed by atoms with Crippen LogP contribution in [0.1, 0.15) is 0 Å². The maximum absolute atomic E-state index is 8.00. The normalized spacial score (nSPS) is 7.22. The zero-order chi connectivity index (χ0) is 7.11. The van der Waals surface area contributed by atoms with Gasteiger partial charge in [0.2, 0.25) is 0 Å². The van der Waals surface area contributed by atoms with E-state index in [0.29, 0.717) is 0 Å². The van der Waals surface area contributed by atoms with E-state index in [1.54, 1.807) is 0 Å². The van der Waals surface area contributed by atoms with Crippen LogP contribution in [0.5, 0.6) is 0 Å². The molecule has 0 saturated heterocycles. The SMILES string of the molecule is C=O.Ic1ccccc1. The lowest BCUT2D eigenvalue weighted by molar-refractivity contribution is -0.0979. The van der Waals surface area contributed by atoms with Gasteiger partial charge < -0.3 is 4.79 Å². The molecule has 0 heterocycles. The quantitative estimate of drug-likeness (QED) is 0.628. The number of hydrogen-bond donors (Lipinski definition) is 0. The van der Waals surface area contributed by atoms with Crippen molar-refractivity contribution in [1.29, 1.82) is 0 Å². The number of halogens is 1. The predicted molar refractivity (Wildman–Crippen MR) is 46.3 cm³/mol. The van der Waals surface area contributed by atoms with Gasteiger partial charge in [-0.1, -0.05) is 18.2 Å². The van der Waals surface area contributed by atoms with Gasteiger partial charge in [-0.05, 0) is 34.7 Å². The number of benzene rings is 1. The van der Waals surface area contributed by atoms with Gasteiger partial charge in [0.05, 0.1) is 0 Å². The lowest BCUT2D eigenvalue weighted by Crippen LogP contribution is -1.61. The van der Waals surface area contributed by atoms with Crippen LogP contribution in [0.4, 0.5) is 0 Å². The summed E-state index contributed by atoms with van der Waals surface area (Å²) in [5.74, 6) is 0. The molecule has 0 N–H and O–H groups in total. The molecule has 9 heavy (non-hydrogen) atoms. The lowest BCUT2D eigenvalue weighted by Gasteiger charge is -1.80. The molecule has 0 unspecified atom stereocenters. The molecule has 48 valence electrons. The molecule has 0 aliphatic carbocycles. The van der Waals surface area contributed by atoms with Gasteiger partial charge in [-0.25, -0.2) is 0 Å². The third-order valence-corrected chi connectivity index (χ3v) is 1.45. The molecule has 1 nitrogen and oxygen atoms in total. The van der Waals surface area contributed by atoms with Gasteiger partial charge in [0.15, 0.2) is 0 Å². The van der Waals surface area contributed by atoms with Gasteiger partial charge in [0.1, 0.15) is 6.79 Å². The second-order valence-corrected chi connectivity index (χ2v) is 2.54. The summed E-state index contributed by atoms with van der Waals surface area (Å²) in [4.78, 5) is 8.00. The van der Waals surface area contributed by atoms with E-state index in [0.717, 1.165) is 0 Å². The molecule has 2 heteroatoms. The third-order valence-electron chi connectivity index (χ3n) is 0.733. The minimum absolute atomic E-state index is 1.29. The Morgan fingerprint density at radius 2 is 1.56 bits per heavy atom. The van der Waals surface area contributed by atoms with Crippen LogP contribution < -0.4 is 0 Å². The van der Waals surface area contributed by atoms with Crippen LogP contribution in [0.15, 0.2) is 30.3 Å². The second-order valence-electron chi connectivity index (χ2n) is 1.30. The number of carbonyl (C=O) groups excluding carboxylic acids is 1. The summed E-state index contributed by atoms with van der Waals surface area (Å²) in [5, 5.41) is 0. The van der Waals surface area contributed by atoms with E-state index >= 15 is 0 Å². The molecule has 0 radical (unpaired) electrons. The monoisotopic (exact) mass is 234 g/mol. The van der Waals surface area contributed by atoms with E-state index in [2.05, 4.69) is 34.7 Å². The molecule has 1 aromatic carbocycles. The smallest absolute Gasteiger partial charge is 0.106 e. The topological polar surface area (TPSA) is 17.1 Å². The number of hydrogen-bond acceptors (Lipinski definition) is 1. The van der Waals surface area contributed by atoms with E-state index in [9.17, 15) is 0 Å². The Balaban J connectivity index is 0.000000291. The van der Waals surface area contributed by atoms with Crippen molar-refractivity contribution in [1.82, 2.24) is 0 Å². The summed E-state index contributed by atoms with van der Waals surface area (Å²) in [6.45, 7) is 2.00. The van der Waals surface area contributed by atoms with Gasteiger partial charge in [-0.15, -0.1) is 0 Å². The maximum atomic E-state index is 8.00. The van der Waals surface area contributed by atoms with Crippen molar-refractivity contribution in [3.63, 3.8) is 0 Å². The standard InChI is InChI=1S/C6H5I.CH2O/c7-6-4-2-1-3-5-6;1-2/h1-5H;1H2. The molecule has 0 atom stereocenters. The van der Waals surface area contributed by atoms with Crippen molar-refractivity contribution >= 4 is 29.4 Å². The van der Waals surface area contributed by atoms with E-state index in [1.165, 1.54) is 3.57 Å². The van der Waals surface area contributed by atoms with Crippen LogP contribution in [0.3, 0.4) is 0 Å². The minimum Gasteiger partial charge on any atom is -0.307 e. The number of carbonyl (C=O) groups is 1. The third kappa shape index (κ3) is 4.14. The summed E-state index contributed by atoms with van der Waals surface area (Å²) in [6, 6.07) is 10.2. The fourth-order valence-corrected chi connectivity index (χ4v) is 0.830. The molecule has 0 saturated carbocycles. The fourth-order valence-electron chi connectivity index (χ4n) is 0.415. The van der Waals surface area contributed by atoms with Crippen molar-refractivity contribution in [2.75, 3.05) is 0 Å². The molecule has 0 spiro atoms. The summed E-state index contributed by atoms with van der Waals surface area (Å²) >= 11 is 2.28. The zero-order valence-corrected chi connectivity index (χ0v) is 7.04.